The van der Waals surface area contributed by atoms with Gasteiger partial charge in [-0.1, -0.05) is 32.9 Å². The molecular weight excluding hydrogens is 342 g/mol. The number of carbonyl (C=O) groups is 1. The maximum atomic E-state index is 12.8. The van der Waals surface area contributed by atoms with Crippen molar-refractivity contribution in [2.45, 2.75) is 45.1 Å². The van der Waals surface area contributed by atoms with Crippen LogP contribution in [0.3, 0.4) is 0 Å². The molecule has 144 valence electrons. The predicted octanol–water partition coefficient (Wildman–Crippen LogP) is 3.03. The standard InChI is InChI=1S/C21H27N3O3/c1-21(2,3)18-9-10-19(25)24(22-18)15-11-13-23(14-12-15)20(26)16-7-5-6-8-17(16)27-4/h5-10,15H,11-14H2,1-4H3. The molecule has 2 aromatic rings. The summed E-state index contributed by atoms with van der Waals surface area (Å²) in [4.78, 5) is 27.0. The molecule has 0 N–H and O–H groups in total. The van der Waals surface area contributed by atoms with Crippen molar-refractivity contribution in [1.82, 2.24) is 14.7 Å². The van der Waals surface area contributed by atoms with Crippen molar-refractivity contribution in [1.29, 1.82) is 0 Å². The first kappa shape index (κ1) is 19.1. The number of hydrogen-bond donors (Lipinski definition) is 0. The van der Waals surface area contributed by atoms with E-state index < -0.39 is 0 Å². The first-order valence-electron chi connectivity index (χ1n) is 9.34. The van der Waals surface area contributed by atoms with Crippen LogP contribution in [0, 0.1) is 0 Å². The number of carbonyl (C=O) groups excluding carboxylic acids is 1. The summed E-state index contributed by atoms with van der Waals surface area (Å²) in [6.45, 7) is 7.43. The maximum absolute atomic E-state index is 12.8. The summed E-state index contributed by atoms with van der Waals surface area (Å²) in [5.74, 6) is 0.551. The van der Waals surface area contributed by atoms with Crippen LogP contribution in [0.2, 0.25) is 0 Å². The molecule has 0 saturated carbocycles. The Kier molecular flexibility index (Phi) is 5.35. The average molecular weight is 369 g/mol. The SMILES string of the molecule is COc1ccccc1C(=O)N1CCC(n2nc(C(C)(C)C)ccc2=O)CC1. The highest BCUT2D eigenvalue weighted by molar-refractivity contribution is 5.97. The second-order valence-electron chi connectivity index (χ2n) is 7.98. The zero-order valence-electron chi connectivity index (χ0n) is 16.4. The third-order valence-corrected chi connectivity index (χ3v) is 5.03. The van der Waals surface area contributed by atoms with Gasteiger partial charge >= 0.3 is 0 Å². The molecular formula is C21H27N3O3. The van der Waals surface area contributed by atoms with Crippen molar-refractivity contribution in [3.63, 3.8) is 0 Å². The molecule has 0 aliphatic carbocycles. The van der Waals surface area contributed by atoms with Gasteiger partial charge in [0.15, 0.2) is 0 Å². The highest BCUT2D eigenvalue weighted by atomic mass is 16.5. The zero-order valence-corrected chi connectivity index (χ0v) is 16.4. The first-order valence-corrected chi connectivity index (χ1v) is 9.34. The van der Waals surface area contributed by atoms with Gasteiger partial charge < -0.3 is 9.64 Å². The molecule has 0 atom stereocenters. The van der Waals surface area contributed by atoms with Crippen LogP contribution in [0.25, 0.3) is 0 Å². The number of nitrogens with zero attached hydrogens (tertiary/aromatic N) is 3. The van der Waals surface area contributed by atoms with Gasteiger partial charge in [0.05, 0.1) is 24.4 Å². The van der Waals surface area contributed by atoms with E-state index in [1.54, 1.807) is 36.1 Å². The fourth-order valence-electron chi connectivity index (χ4n) is 3.39. The fraction of sp³-hybridized carbons (Fsp3) is 0.476. The van der Waals surface area contributed by atoms with Crippen molar-refractivity contribution in [3.05, 3.63) is 58.0 Å². The Bertz CT molecular complexity index is 875. The lowest BCUT2D eigenvalue weighted by Gasteiger charge is -2.33. The first-order chi connectivity index (χ1) is 12.8. The van der Waals surface area contributed by atoms with Crippen LogP contribution in [0.1, 0.15) is 55.7 Å². The molecule has 27 heavy (non-hydrogen) atoms. The second-order valence-corrected chi connectivity index (χ2v) is 7.98. The minimum Gasteiger partial charge on any atom is -0.496 e. The molecule has 0 unspecified atom stereocenters. The third-order valence-electron chi connectivity index (χ3n) is 5.03. The van der Waals surface area contributed by atoms with E-state index >= 15 is 0 Å². The van der Waals surface area contributed by atoms with Crippen LogP contribution >= 0.6 is 0 Å². The van der Waals surface area contributed by atoms with Gasteiger partial charge in [-0.25, -0.2) is 4.68 Å². The molecule has 1 amide bonds. The van der Waals surface area contributed by atoms with Gasteiger partial charge in [0, 0.05) is 24.6 Å². The molecule has 6 heteroatoms. The Morgan fingerprint density at radius 1 is 1.11 bits per heavy atom. The number of piperidine rings is 1. The van der Waals surface area contributed by atoms with Gasteiger partial charge in [0.25, 0.3) is 11.5 Å². The number of rotatable bonds is 3. The van der Waals surface area contributed by atoms with Gasteiger partial charge in [-0.3, -0.25) is 9.59 Å². The molecule has 0 spiro atoms. The zero-order chi connectivity index (χ0) is 19.6. The van der Waals surface area contributed by atoms with Crippen LogP contribution < -0.4 is 10.3 Å². The number of amides is 1. The third kappa shape index (κ3) is 4.04. The molecule has 1 aliphatic heterocycles. The summed E-state index contributed by atoms with van der Waals surface area (Å²) in [5, 5.41) is 4.60. The van der Waals surface area contributed by atoms with Gasteiger partial charge in [-0.15, -0.1) is 0 Å². The molecule has 2 heterocycles. The molecule has 1 aliphatic rings. The number of likely N-dealkylation sites (tertiary alicyclic amines) is 1. The Morgan fingerprint density at radius 2 is 1.78 bits per heavy atom. The molecule has 1 saturated heterocycles. The Labute approximate surface area is 159 Å². The predicted molar refractivity (Wildman–Crippen MR) is 104 cm³/mol. The van der Waals surface area contributed by atoms with E-state index in [0.29, 0.717) is 37.2 Å². The smallest absolute Gasteiger partial charge is 0.267 e. The van der Waals surface area contributed by atoms with Crippen molar-refractivity contribution in [2.24, 2.45) is 0 Å². The molecule has 1 aromatic carbocycles. The van der Waals surface area contributed by atoms with Crippen molar-refractivity contribution >= 4 is 5.91 Å². The summed E-state index contributed by atoms with van der Waals surface area (Å²) in [7, 11) is 1.57. The number of benzene rings is 1. The van der Waals surface area contributed by atoms with Crippen LogP contribution in [0.5, 0.6) is 5.75 Å². The monoisotopic (exact) mass is 369 g/mol. The summed E-state index contributed by atoms with van der Waals surface area (Å²) in [6.07, 6.45) is 1.42. The average Bonchev–Trinajstić information content (AvgIpc) is 2.67. The lowest BCUT2D eigenvalue weighted by Crippen LogP contribution is -2.41. The quantitative estimate of drug-likeness (QED) is 0.834. The van der Waals surface area contributed by atoms with E-state index in [1.165, 1.54) is 0 Å². The van der Waals surface area contributed by atoms with Crippen molar-refractivity contribution in [2.75, 3.05) is 20.2 Å². The normalized spacial score (nSPS) is 15.6. The van der Waals surface area contributed by atoms with Gasteiger partial charge in [0.2, 0.25) is 0 Å². The van der Waals surface area contributed by atoms with Crippen molar-refractivity contribution < 1.29 is 9.53 Å². The van der Waals surface area contributed by atoms with E-state index in [1.807, 2.05) is 17.0 Å². The van der Waals surface area contributed by atoms with E-state index in [9.17, 15) is 9.59 Å². The highest BCUT2D eigenvalue weighted by Gasteiger charge is 2.28. The van der Waals surface area contributed by atoms with E-state index in [4.69, 9.17) is 4.74 Å². The van der Waals surface area contributed by atoms with Crippen LogP contribution in [-0.4, -0.2) is 40.8 Å². The van der Waals surface area contributed by atoms with Crippen LogP contribution in [-0.2, 0) is 5.41 Å². The number of hydrogen-bond acceptors (Lipinski definition) is 4. The van der Waals surface area contributed by atoms with Gasteiger partial charge in [-0.2, -0.15) is 5.10 Å². The molecule has 0 bridgehead atoms. The molecule has 0 radical (unpaired) electrons. The highest BCUT2D eigenvalue weighted by Crippen LogP contribution is 2.26. The minimum atomic E-state index is -0.115. The number of aromatic nitrogens is 2. The Balaban J connectivity index is 1.74. The fourth-order valence-corrected chi connectivity index (χ4v) is 3.39. The van der Waals surface area contributed by atoms with E-state index in [-0.39, 0.29) is 22.9 Å². The largest absolute Gasteiger partial charge is 0.496 e. The van der Waals surface area contributed by atoms with Gasteiger partial charge in [-0.05, 0) is 31.0 Å². The second kappa shape index (κ2) is 7.55. The topological polar surface area (TPSA) is 64.4 Å². The van der Waals surface area contributed by atoms with Crippen molar-refractivity contribution in [3.8, 4) is 5.75 Å². The molecule has 1 fully saturated rings. The van der Waals surface area contributed by atoms with Crippen LogP contribution in [0.15, 0.2) is 41.2 Å². The Hall–Kier alpha value is -2.63. The number of para-hydroxylation sites is 1. The maximum Gasteiger partial charge on any atom is 0.267 e. The number of ether oxygens (including phenoxy) is 1. The Morgan fingerprint density at radius 3 is 2.41 bits per heavy atom. The lowest BCUT2D eigenvalue weighted by molar-refractivity contribution is 0.0684. The van der Waals surface area contributed by atoms with Gasteiger partial charge in [0.1, 0.15) is 5.75 Å². The summed E-state index contributed by atoms with van der Waals surface area (Å²) < 4.78 is 6.91. The summed E-state index contributed by atoms with van der Waals surface area (Å²) in [5.41, 5.74) is 1.27. The minimum absolute atomic E-state index is 0.0153. The number of methoxy groups -OCH3 is 1. The molecule has 1 aromatic heterocycles. The van der Waals surface area contributed by atoms with Crippen LogP contribution in [0.4, 0.5) is 0 Å². The summed E-state index contributed by atoms with van der Waals surface area (Å²) >= 11 is 0. The molecule has 6 nitrogen and oxygen atoms in total. The molecule has 3 rings (SSSR count). The van der Waals surface area contributed by atoms with E-state index in [2.05, 4.69) is 25.9 Å². The summed E-state index contributed by atoms with van der Waals surface area (Å²) in [6, 6.07) is 10.7. The van der Waals surface area contributed by atoms with E-state index in [0.717, 1.165) is 5.69 Å². The lowest BCUT2D eigenvalue weighted by atomic mass is 9.92.